The molecule has 0 saturated heterocycles. The SMILES string of the molecule is [NH-]C(=O)c1ccc(S(=O)(=O)O)cc1.[Na+]. The predicted molar refractivity (Wildman–Crippen MR) is 44.9 cm³/mol. The van der Waals surface area contributed by atoms with E-state index in [1.807, 2.05) is 0 Å². The van der Waals surface area contributed by atoms with E-state index in [1.54, 1.807) is 0 Å². The van der Waals surface area contributed by atoms with Crippen molar-refractivity contribution in [3.63, 3.8) is 0 Å². The summed E-state index contributed by atoms with van der Waals surface area (Å²) in [6, 6.07) is 4.46. The Morgan fingerprint density at radius 3 is 1.93 bits per heavy atom. The van der Waals surface area contributed by atoms with Crippen molar-refractivity contribution >= 4 is 16.0 Å². The second-order valence-corrected chi connectivity index (χ2v) is 3.75. The van der Waals surface area contributed by atoms with Gasteiger partial charge in [-0.3, -0.25) is 4.55 Å². The molecule has 1 aromatic rings. The Kier molecular flexibility index (Phi) is 4.76. The van der Waals surface area contributed by atoms with Gasteiger partial charge in [-0.25, -0.2) is 0 Å². The van der Waals surface area contributed by atoms with Crippen LogP contribution in [0, 0.1) is 0 Å². The third kappa shape index (κ3) is 3.39. The van der Waals surface area contributed by atoms with E-state index in [9.17, 15) is 13.2 Å². The molecule has 0 aliphatic carbocycles. The average Bonchev–Trinajstić information content (AvgIpc) is 2.03. The molecule has 0 spiro atoms. The zero-order chi connectivity index (χ0) is 10.1. The molecule has 0 bridgehead atoms. The van der Waals surface area contributed by atoms with E-state index in [0.717, 1.165) is 12.1 Å². The molecule has 0 unspecified atom stereocenters. The fourth-order valence-electron chi connectivity index (χ4n) is 0.778. The van der Waals surface area contributed by atoms with E-state index >= 15 is 0 Å². The van der Waals surface area contributed by atoms with E-state index in [4.69, 9.17) is 10.3 Å². The molecule has 0 heterocycles. The van der Waals surface area contributed by atoms with E-state index in [0.29, 0.717) is 0 Å². The van der Waals surface area contributed by atoms with Gasteiger partial charge in [0.2, 0.25) is 0 Å². The maximum atomic E-state index is 10.5. The smallest absolute Gasteiger partial charge is 0.664 e. The molecule has 5 nitrogen and oxygen atoms in total. The number of rotatable bonds is 2. The molecule has 1 rings (SSSR count). The minimum absolute atomic E-state index is 0. The minimum atomic E-state index is -4.22. The molecular weight excluding hydrogens is 217 g/mol. The summed E-state index contributed by atoms with van der Waals surface area (Å²) in [5.41, 5.74) is 6.77. The number of amides is 1. The first kappa shape index (κ1) is 13.6. The monoisotopic (exact) mass is 223 g/mol. The van der Waals surface area contributed by atoms with E-state index < -0.39 is 16.0 Å². The van der Waals surface area contributed by atoms with Gasteiger partial charge in [-0.05, 0) is 17.7 Å². The van der Waals surface area contributed by atoms with Gasteiger partial charge in [-0.1, -0.05) is 12.1 Å². The Hall–Kier alpha value is -0.400. The second kappa shape index (κ2) is 4.90. The van der Waals surface area contributed by atoms with Gasteiger partial charge in [0.15, 0.2) is 0 Å². The van der Waals surface area contributed by atoms with Crippen LogP contribution >= 0.6 is 0 Å². The zero-order valence-electron chi connectivity index (χ0n) is 7.39. The number of carbonyl (C=O) groups excluding carboxylic acids is 1. The van der Waals surface area contributed by atoms with Crippen LogP contribution in [0.3, 0.4) is 0 Å². The summed E-state index contributed by atoms with van der Waals surface area (Å²) in [6.45, 7) is 0. The first-order valence-corrected chi connectivity index (χ1v) is 4.69. The fourth-order valence-corrected chi connectivity index (χ4v) is 1.26. The molecular formula is C7H6NNaO4S. The Labute approximate surface area is 103 Å². The van der Waals surface area contributed by atoms with Gasteiger partial charge in [0.25, 0.3) is 10.1 Å². The molecule has 2 N–H and O–H groups in total. The van der Waals surface area contributed by atoms with Crippen molar-refractivity contribution in [3.05, 3.63) is 35.6 Å². The Morgan fingerprint density at radius 1 is 1.21 bits per heavy atom. The first-order chi connectivity index (χ1) is 5.91. The number of hydrogen-bond acceptors (Lipinski definition) is 3. The summed E-state index contributed by atoms with van der Waals surface area (Å²) in [6.07, 6.45) is 0. The van der Waals surface area contributed by atoms with E-state index in [-0.39, 0.29) is 40.0 Å². The van der Waals surface area contributed by atoms with Crippen LogP contribution in [0.25, 0.3) is 5.73 Å². The van der Waals surface area contributed by atoms with Crippen molar-refractivity contribution in [1.29, 1.82) is 0 Å². The summed E-state index contributed by atoms with van der Waals surface area (Å²) >= 11 is 0. The molecule has 14 heavy (non-hydrogen) atoms. The third-order valence-corrected chi connectivity index (χ3v) is 2.28. The van der Waals surface area contributed by atoms with Crippen LogP contribution in [0.4, 0.5) is 0 Å². The molecule has 70 valence electrons. The summed E-state index contributed by atoms with van der Waals surface area (Å²) in [7, 11) is -4.22. The van der Waals surface area contributed by atoms with Crippen molar-refractivity contribution in [2.75, 3.05) is 0 Å². The summed E-state index contributed by atoms with van der Waals surface area (Å²) in [4.78, 5) is 10.2. The third-order valence-electron chi connectivity index (χ3n) is 1.41. The number of hydrogen-bond donors (Lipinski definition) is 1. The van der Waals surface area contributed by atoms with E-state index in [2.05, 4.69) is 0 Å². The molecule has 0 aliphatic rings. The van der Waals surface area contributed by atoms with E-state index in [1.165, 1.54) is 12.1 Å². The fraction of sp³-hybridized carbons (Fsp3) is 0. The topological polar surface area (TPSA) is 95.2 Å². The summed E-state index contributed by atoms with van der Waals surface area (Å²) in [5.74, 6) is -0.901. The maximum Gasteiger partial charge on any atom is 1.00 e. The normalized spacial score (nSPS) is 10.4. The minimum Gasteiger partial charge on any atom is -0.664 e. The molecule has 0 aromatic heterocycles. The van der Waals surface area contributed by atoms with Crippen LogP contribution in [0.15, 0.2) is 29.2 Å². The van der Waals surface area contributed by atoms with Gasteiger partial charge in [0.05, 0.1) is 10.8 Å². The number of benzene rings is 1. The number of carbonyl (C=O) groups is 1. The van der Waals surface area contributed by atoms with Crippen molar-refractivity contribution in [1.82, 2.24) is 0 Å². The van der Waals surface area contributed by atoms with Crippen molar-refractivity contribution in [3.8, 4) is 0 Å². The van der Waals surface area contributed by atoms with Gasteiger partial charge in [-0.15, -0.1) is 0 Å². The Bertz CT molecular complexity index is 426. The Balaban J connectivity index is 0.00000169. The quantitative estimate of drug-likeness (QED) is 0.469. The van der Waals surface area contributed by atoms with Crippen molar-refractivity contribution < 1.29 is 47.3 Å². The first-order valence-electron chi connectivity index (χ1n) is 3.25. The second-order valence-electron chi connectivity index (χ2n) is 2.33. The van der Waals surface area contributed by atoms with Crippen LogP contribution in [0.2, 0.25) is 0 Å². The van der Waals surface area contributed by atoms with Gasteiger partial charge >= 0.3 is 29.6 Å². The van der Waals surface area contributed by atoms with Gasteiger partial charge in [-0.2, -0.15) is 8.42 Å². The Morgan fingerprint density at radius 2 is 1.64 bits per heavy atom. The molecule has 1 amide bonds. The molecule has 0 saturated carbocycles. The molecule has 0 aliphatic heterocycles. The molecule has 7 heteroatoms. The average molecular weight is 223 g/mol. The van der Waals surface area contributed by atoms with Crippen molar-refractivity contribution in [2.24, 2.45) is 0 Å². The van der Waals surface area contributed by atoms with Gasteiger partial charge in [0, 0.05) is 0 Å². The largest absolute Gasteiger partial charge is 1.00 e. The zero-order valence-corrected chi connectivity index (χ0v) is 10.2. The van der Waals surface area contributed by atoms with Gasteiger partial charge < -0.3 is 10.5 Å². The number of nitrogens with one attached hydrogen (secondary N) is 1. The van der Waals surface area contributed by atoms with Crippen molar-refractivity contribution in [2.45, 2.75) is 4.90 Å². The molecule has 0 atom stereocenters. The van der Waals surface area contributed by atoms with Crippen LogP contribution in [0.1, 0.15) is 10.4 Å². The maximum absolute atomic E-state index is 10.5. The predicted octanol–water partition coefficient (Wildman–Crippen LogP) is -1.87. The van der Waals surface area contributed by atoms with Crippen LogP contribution in [-0.2, 0) is 10.1 Å². The molecule has 0 fully saturated rings. The summed E-state index contributed by atoms with van der Waals surface area (Å²) in [5, 5.41) is 0. The van der Waals surface area contributed by atoms with Gasteiger partial charge in [0.1, 0.15) is 0 Å². The van der Waals surface area contributed by atoms with Crippen LogP contribution in [0.5, 0.6) is 0 Å². The molecule has 1 aromatic carbocycles. The molecule has 0 radical (unpaired) electrons. The standard InChI is InChI=1S/C7H7NO4S.Na/c8-7(9)5-1-3-6(4-2-5)13(10,11)12;/h1-4H,(H3,8,9,10,11,12);/q;+1/p-1. The van der Waals surface area contributed by atoms with Crippen LogP contribution in [-0.4, -0.2) is 18.9 Å². The summed E-state index contributed by atoms with van der Waals surface area (Å²) < 4.78 is 29.6. The van der Waals surface area contributed by atoms with Crippen LogP contribution < -0.4 is 29.6 Å².